The third kappa shape index (κ3) is 3.13. The molecule has 2 nitrogen and oxygen atoms in total. The van der Waals surface area contributed by atoms with Gasteiger partial charge >= 0.3 is 0 Å². The van der Waals surface area contributed by atoms with Gasteiger partial charge in [0.2, 0.25) is 0 Å². The molecular weight excluding hydrogens is 308 g/mol. The molecule has 0 spiro atoms. The number of benzene rings is 2. The van der Waals surface area contributed by atoms with Crippen molar-refractivity contribution in [1.82, 2.24) is 4.57 Å². The number of aromatic nitrogens is 1. The minimum Gasteiger partial charge on any atom is -0.284 e. The molecule has 0 saturated heterocycles. The third-order valence-electron chi connectivity index (χ3n) is 4.06. The van der Waals surface area contributed by atoms with Crippen molar-refractivity contribution < 1.29 is 8.78 Å². The van der Waals surface area contributed by atoms with E-state index in [0.29, 0.717) is 5.56 Å². The minimum atomic E-state index is -0.600. The second-order valence-corrected chi connectivity index (χ2v) is 5.90. The standard InChI is InChI=1S/C20H17F2NO/c1-13-4-3-5-14(2)20(13)23-12-15(6-9-19(23)24)10-16-7-8-17(21)11-18(16)22/h3-9,11-12H,10H2,1-2H3. The van der Waals surface area contributed by atoms with Crippen LogP contribution in [-0.4, -0.2) is 4.57 Å². The number of hydrogen-bond acceptors (Lipinski definition) is 1. The maximum atomic E-state index is 13.9. The van der Waals surface area contributed by atoms with Crippen molar-refractivity contribution in [3.8, 4) is 5.69 Å². The number of halogens is 2. The summed E-state index contributed by atoms with van der Waals surface area (Å²) in [4.78, 5) is 12.3. The molecule has 2 aromatic carbocycles. The van der Waals surface area contributed by atoms with Crippen LogP contribution in [0, 0.1) is 25.5 Å². The van der Waals surface area contributed by atoms with Gasteiger partial charge < -0.3 is 0 Å². The summed E-state index contributed by atoms with van der Waals surface area (Å²) >= 11 is 0. The second kappa shape index (κ2) is 6.40. The highest BCUT2D eigenvalue weighted by atomic mass is 19.1. The largest absolute Gasteiger partial charge is 0.284 e. The molecule has 0 radical (unpaired) electrons. The summed E-state index contributed by atoms with van der Waals surface area (Å²) < 4.78 is 28.5. The molecule has 1 heterocycles. The fourth-order valence-electron chi connectivity index (χ4n) is 2.88. The fourth-order valence-corrected chi connectivity index (χ4v) is 2.88. The molecule has 122 valence electrons. The first-order valence-corrected chi connectivity index (χ1v) is 7.68. The lowest BCUT2D eigenvalue weighted by atomic mass is 10.0. The summed E-state index contributed by atoms with van der Waals surface area (Å²) in [6.45, 7) is 3.89. The Hall–Kier alpha value is -2.75. The summed E-state index contributed by atoms with van der Waals surface area (Å²) in [6, 6.07) is 12.5. The van der Waals surface area contributed by atoms with E-state index in [0.717, 1.165) is 28.4 Å². The van der Waals surface area contributed by atoms with Crippen LogP contribution in [0.25, 0.3) is 5.69 Å². The monoisotopic (exact) mass is 325 g/mol. The average Bonchev–Trinajstić information content (AvgIpc) is 2.53. The molecule has 0 bridgehead atoms. The summed E-state index contributed by atoms with van der Waals surface area (Å²) in [5, 5.41) is 0. The number of hydrogen-bond donors (Lipinski definition) is 0. The van der Waals surface area contributed by atoms with Crippen molar-refractivity contribution in [2.45, 2.75) is 20.3 Å². The van der Waals surface area contributed by atoms with Crippen molar-refractivity contribution >= 4 is 0 Å². The topological polar surface area (TPSA) is 22.0 Å². The molecule has 0 saturated carbocycles. The first kappa shape index (κ1) is 16.1. The van der Waals surface area contributed by atoms with Crippen molar-refractivity contribution in [3.05, 3.63) is 99.0 Å². The molecular formula is C20H17F2NO. The van der Waals surface area contributed by atoms with Crippen molar-refractivity contribution in [2.75, 3.05) is 0 Å². The highest BCUT2D eigenvalue weighted by Crippen LogP contribution is 2.19. The third-order valence-corrected chi connectivity index (χ3v) is 4.06. The van der Waals surface area contributed by atoms with Gasteiger partial charge in [0.05, 0.1) is 5.69 Å². The Kier molecular flexibility index (Phi) is 4.30. The smallest absolute Gasteiger partial charge is 0.255 e. The van der Waals surface area contributed by atoms with Gasteiger partial charge in [-0.1, -0.05) is 30.3 Å². The van der Waals surface area contributed by atoms with Crippen molar-refractivity contribution in [2.24, 2.45) is 0 Å². The predicted octanol–water partition coefficient (Wildman–Crippen LogP) is 4.32. The second-order valence-electron chi connectivity index (χ2n) is 5.90. The molecule has 0 aliphatic heterocycles. The molecule has 0 unspecified atom stereocenters. The molecule has 0 fully saturated rings. The number of nitrogens with zero attached hydrogens (tertiary/aromatic N) is 1. The Morgan fingerprint density at radius 3 is 2.33 bits per heavy atom. The zero-order valence-electron chi connectivity index (χ0n) is 13.5. The number of para-hydroxylation sites is 1. The molecule has 0 amide bonds. The summed E-state index contributed by atoms with van der Waals surface area (Å²) in [5.41, 5.74) is 3.84. The van der Waals surface area contributed by atoms with Gasteiger partial charge in [-0.25, -0.2) is 8.78 Å². The Labute approximate surface area is 139 Å². The molecule has 4 heteroatoms. The van der Waals surface area contributed by atoms with Crippen LogP contribution in [0.5, 0.6) is 0 Å². The SMILES string of the molecule is Cc1cccc(C)c1-n1cc(Cc2ccc(F)cc2F)ccc1=O. The van der Waals surface area contributed by atoms with Gasteiger partial charge in [-0.05, 0) is 42.2 Å². The number of pyridine rings is 1. The van der Waals surface area contributed by atoms with Crippen molar-refractivity contribution in [1.29, 1.82) is 0 Å². The van der Waals surface area contributed by atoms with Crippen LogP contribution in [0.15, 0.2) is 59.5 Å². The van der Waals surface area contributed by atoms with Crippen molar-refractivity contribution in [3.63, 3.8) is 0 Å². The summed E-state index contributed by atoms with van der Waals surface area (Å²) in [6.07, 6.45) is 2.01. The van der Waals surface area contributed by atoms with Gasteiger partial charge in [0, 0.05) is 24.8 Å². The van der Waals surface area contributed by atoms with E-state index in [4.69, 9.17) is 0 Å². The number of aryl methyl sites for hydroxylation is 2. The van der Waals surface area contributed by atoms with Gasteiger partial charge in [0.1, 0.15) is 11.6 Å². The molecule has 0 N–H and O–H groups in total. The van der Waals surface area contributed by atoms with Crippen LogP contribution in [0.1, 0.15) is 22.3 Å². The van der Waals surface area contributed by atoms with Crippen LogP contribution < -0.4 is 5.56 Å². The van der Waals surface area contributed by atoms with Crippen LogP contribution in [0.4, 0.5) is 8.78 Å². The first-order valence-electron chi connectivity index (χ1n) is 7.68. The van der Waals surface area contributed by atoms with E-state index in [9.17, 15) is 13.6 Å². The van der Waals surface area contributed by atoms with E-state index in [1.807, 2.05) is 32.0 Å². The molecule has 0 aliphatic rings. The van der Waals surface area contributed by atoms with E-state index in [1.165, 1.54) is 18.2 Å². The highest BCUT2D eigenvalue weighted by molar-refractivity contribution is 5.47. The normalized spacial score (nSPS) is 10.8. The van der Waals surface area contributed by atoms with E-state index in [2.05, 4.69) is 0 Å². The Morgan fingerprint density at radius 2 is 1.67 bits per heavy atom. The first-order chi connectivity index (χ1) is 11.5. The molecule has 1 aromatic heterocycles. The highest BCUT2D eigenvalue weighted by Gasteiger charge is 2.10. The molecule has 24 heavy (non-hydrogen) atoms. The summed E-state index contributed by atoms with van der Waals surface area (Å²) in [5.74, 6) is -1.18. The van der Waals surface area contributed by atoms with E-state index in [-0.39, 0.29) is 12.0 Å². The lowest BCUT2D eigenvalue weighted by Gasteiger charge is -2.14. The summed E-state index contributed by atoms with van der Waals surface area (Å²) in [7, 11) is 0. The van der Waals surface area contributed by atoms with E-state index < -0.39 is 11.6 Å². The zero-order valence-corrected chi connectivity index (χ0v) is 13.5. The zero-order chi connectivity index (χ0) is 17.3. The van der Waals surface area contributed by atoms with Crippen LogP contribution in [0.3, 0.4) is 0 Å². The lowest BCUT2D eigenvalue weighted by molar-refractivity contribution is 0.574. The van der Waals surface area contributed by atoms with Gasteiger partial charge in [0.15, 0.2) is 0 Å². The maximum Gasteiger partial charge on any atom is 0.255 e. The minimum absolute atomic E-state index is 0.143. The quantitative estimate of drug-likeness (QED) is 0.703. The molecule has 3 rings (SSSR count). The van der Waals surface area contributed by atoms with Gasteiger partial charge in [-0.2, -0.15) is 0 Å². The number of rotatable bonds is 3. The predicted molar refractivity (Wildman–Crippen MR) is 90.7 cm³/mol. The molecule has 0 atom stereocenters. The van der Waals surface area contributed by atoms with E-state index >= 15 is 0 Å². The maximum absolute atomic E-state index is 13.9. The van der Waals surface area contributed by atoms with E-state index in [1.54, 1.807) is 16.8 Å². The fraction of sp³-hybridized carbons (Fsp3) is 0.150. The Morgan fingerprint density at radius 1 is 0.958 bits per heavy atom. The van der Waals surface area contributed by atoms with Gasteiger partial charge in [0.25, 0.3) is 5.56 Å². The van der Waals surface area contributed by atoms with Crippen LogP contribution >= 0.6 is 0 Å². The van der Waals surface area contributed by atoms with Crippen LogP contribution in [-0.2, 0) is 6.42 Å². The van der Waals surface area contributed by atoms with Crippen LogP contribution in [0.2, 0.25) is 0 Å². The Bertz CT molecular complexity index is 940. The molecule has 0 aliphatic carbocycles. The van der Waals surface area contributed by atoms with Gasteiger partial charge in [-0.15, -0.1) is 0 Å². The lowest BCUT2D eigenvalue weighted by Crippen LogP contribution is -2.19. The average molecular weight is 325 g/mol. The van der Waals surface area contributed by atoms with Gasteiger partial charge in [-0.3, -0.25) is 9.36 Å². The molecule has 3 aromatic rings. The Balaban J connectivity index is 2.05.